The minimum Gasteiger partial charge on any atom is -0.356 e. The van der Waals surface area contributed by atoms with E-state index in [9.17, 15) is 0 Å². The minimum absolute atomic E-state index is 0.217. The Balaban J connectivity index is 1.43. The van der Waals surface area contributed by atoms with Crippen LogP contribution in [0.2, 0.25) is 0 Å². The van der Waals surface area contributed by atoms with Crippen LogP contribution in [0.5, 0.6) is 0 Å². The number of guanidine groups is 1. The molecular weight excluding hydrogens is 406 g/mol. The highest BCUT2D eigenvalue weighted by Crippen LogP contribution is 2.49. The van der Waals surface area contributed by atoms with Crippen LogP contribution in [-0.2, 0) is 11.8 Å². The van der Waals surface area contributed by atoms with E-state index in [0.29, 0.717) is 11.8 Å². The summed E-state index contributed by atoms with van der Waals surface area (Å²) in [5.41, 5.74) is 1.60. The second-order valence-corrected chi connectivity index (χ2v) is 8.27. The predicted molar refractivity (Wildman–Crippen MR) is 111 cm³/mol. The molecule has 1 aliphatic carbocycles. The van der Waals surface area contributed by atoms with Crippen LogP contribution in [0.4, 0.5) is 0 Å². The van der Waals surface area contributed by atoms with Gasteiger partial charge in [0.1, 0.15) is 0 Å². The van der Waals surface area contributed by atoms with Gasteiger partial charge in [-0.2, -0.15) is 4.98 Å². The fourth-order valence-corrected chi connectivity index (χ4v) is 3.81. The Labute approximate surface area is 169 Å². The average Bonchev–Trinajstić information content (AvgIpc) is 3.29. The molecule has 7 heteroatoms. The molecular formula is C20H28BrN5O. The normalized spacial score (nSPS) is 15.8. The van der Waals surface area contributed by atoms with Crippen LogP contribution in [0.25, 0.3) is 0 Å². The fourth-order valence-electron chi connectivity index (χ4n) is 3.11. The van der Waals surface area contributed by atoms with Gasteiger partial charge in [-0.3, -0.25) is 4.99 Å². The summed E-state index contributed by atoms with van der Waals surface area (Å²) >= 11 is 3.69. The molecule has 0 atom stereocenters. The monoisotopic (exact) mass is 433 g/mol. The number of benzene rings is 1. The van der Waals surface area contributed by atoms with E-state index in [1.165, 1.54) is 22.9 Å². The summed E-state index contributed by atoms with van der Waals surface area (Å²) in [5, 5.41) is 10.9. The van der Waals surface area contributed by atoms with E-state index < -0.39 is 0 Å². The molecule has 0 spiro atoms. The van der Waals surface area contributed by atoms with E-state index in [1.807, 2.05) is 0 Å². The van der Waals surface area contributed by atoms with Crippen molar-refractivity contribution in [3.05, 3.63) is 46.0 Å². The van der Waals surface area contributed by atoms with Crippen molar-refractivity contribution >= 4 is 21.9 Å². The molecule has 1 aromatic carbocycles. The standard InChI is InChI=1S/C20H28BrN5O/c1-14(2)18-25-17(27-26-18)9-6-12-23-19(22-3)24-13-20(10-11-20)15-7-4-5-8-16(15)21/h4-5,7-8,14H,6,9-13H2,1-3H3,(H2,22,23,24). The maximum Gasteiger partial charge on any atom is 0.226 e. The molecule has 0 radical (unpaired) electrons. The van der Waals surface area contributed by atoms with Crippen molar-refractivity contribution in [3.8, 4) is 0 Å². The SMILES string of the molecule is CN=C(NCCCc1nc(C(C)C)no1)NCC1(c2ccccc2Br)CC1. The third kappa shape index (κ3) is 5.09. The largest absolute Gasteiger partial charge is 0.356 e. The summed E-state index contributed by atoms with van der Waals surface area (Å²) < 4.78 is 6.47. The molecule has 2 aromatic rings. The molecule has 0 unspecified atom stereocenters. The highest BCUT2D eigenvalue weighted by Gasteiger charge is 2.45. The zero-order chi connectivity index (χ0) is 19.3. The number of aryl methyl sites for hydroxylation is 1. The zero-order valence-electron chi connectivity index (χ0n) is 16.3. The molecule has 0 saturated heterocycles. The van der Waals surface area contributed by atoms with Crippen LogP contribution in [0.3, 0.4) is 0 Å². The smallest absolute Gasteiger partial charge is 0.226 e. The Morgan fingerprint density at radius 1 is 1.30 bits per heavy atom. The van der Waals surface area contributed by atoms with Crippen LogP contribution in [0, 0.1) is 0 Å². The van der Waals surface area contributed by atoms with E-state index in [-0.39, 0.29) is 5.41 Å². The molecule has 1 heterocycles. The lowest BCUT2D eigenvalue weighted by Crippen LogP contribution is -2.41. The van der Waals surface area contributed by atoms with E-state index in [2.05, 4.69) is 79.8 Å². The lowest BCUT2D eigenvalue weighted by molar-refractivity contribution is 0.368. The quantitative estimate of drug-likeness (QED) is 0.376. The summed E-state index contributed by atoms with van der Waals surface area (Å²) in [5.74, 6) is 2.61. The van der Waals surface area contributed by atoms with E-state index >= 15 is 0 Å². The maximum atomic E-state index is 5.28. The van der Waals surface area contributed by atoms with Gasteiger partial charge in [0.15, 0.2) is 11.8 Å². The first-order chi connectivity index (χ1) is 13.0. The highest BCUT2D eigenvalue weighted by atomic mass is 79.9. The van der Waals surface area contributed by atoms with Crippen molar-refractivity contribution in [2.24, 2.45) is 4.99 Å². The Kier molecular flexibility index (Phi) is 6.52. The molecule has 2 N–H and O–H groups in total. The number of nitrogens with one attached hydrogen (secondary N) is 2. The second kappa shape index (κ2) is 8.87. The molecule has 3 rings (SSSR count). The average molecular weight is 434 g/mol. The second-order valence-electron chi connectivity index (χ2n) is 7.42. The third-order valence-corrected chi connectivity index (χ3v) is 5.67. The van der Waals surface area contributed by atoms with Crippen LogP contribution in [0.1, 0.15) is 56.3 Å². The predicted octanol–water partition coefficient (Wildman–Crippen LogP) is 3.78. The Morgan fingerprint density at radius 2 is 2.07 bits per heavy atom. The van der Waals surface area contributed by atoms with Gasteiger partial charge in [-0.15, -0.1) is 0 Å². The van der Waals surface area contributed by atoms with Gasteiger partial charge in [0.25, 0.3) is 0 Å². The van der Waals surface area contributed by atoms with Crippen LogP contribution < -0.4 is 10.6 Å². The number of hydrogen-bond acceptors (Lipinski definition) is 4. The molecule has 1 fully saturated rings. The first-order valence-electron chi connectivity index (χ1n) is 9.56. The van der Waals surface area contributed by atoms with Crippen LogP contribution >= 0.6 is 15.9 Å². The molecule has 0 bridgehead atoms. The summed E-state index contributed by atoms with van der Waals surface area (Å²) in [6.07, 6.45) is 4.09. The van der Waals surface area contributed by atoms with Gasteiger partial charge in [0.2, 0.25) is 5.89 Å². The maximum absolute atomic E-state index is 5.28. The van der Waals surface area contributed by atoms with Crippen molar-refractivity contribution in [3.63, 3.8) is 0 Å². The van der Waals surface area contributed by atoms with E-state index in [1.54, 1.807) is 7.05 Å². The van der Waals surface area contributed by atoms with Crippen molar-refractivity contribution in [2.75, 3.05) is 20.1 Å². The summed E-state index contributed by atoms with van der Waals surface area (Å²) in [7, 11) is 1.81. The Bertz CT molecular complexity index is 782. The Hall–Kier alpha value is -1.89. The molecule has 0 amide bonds. The summed E-state index contributed by atoms with van der Waals surface area (Å²) in [4.78, 5) is 8.75. The van der Waals surface area contributed by atoms with Gasteiger partial charge in [-0.1, -0.05) is 53.1 Å². The van der Waals surface area contributed by atoms with Gasteiger partial charge in [0, 0.05) is 42.4 Å². The lowest BCUT2D eigenvalue weighted by atomic mass is 9.96. The molecule has 1 aliphatic rings. The lowest BCUT2D eigenvalue weighted by Gasteiger charge is -2.20. The molecule has 1 saturated carbocycles. The number of rotatable bonds is 8. The van der Waals surface area contributed by atoms with Crippen LogP contribution in [-0.4, -0.2) is 36.2 Å². The number of nitrogens with zero attached hydrogens (tertiary/aromatic N) is 3. The number of aromatic nitrogens is 2. The van der Waals surface area contributed by atoms with E-state index in [4.69, 9.17) is 4.52 Å². The number of hydrogen-bond donors (Lipinski definition) is 2. The Morgan fingerprint density at radius 3 is 2.70 bits per heavy atom. The molecule has 6 nitrogen and oxygen atoms in total. The summed E-state index contributed by atoms with van der Waals surface area (Å²) in [6, 6.07) is 8.50. The van der Waals surface area contributed by atoms with Gasteiger partial charge in [0.05, 0.1) is 0 Å². The van der Waals surface area contributed by atoms with Gasteiger partial charge in [-0.25, -0.2) is 0 Å². The van der Waals surface area contributed by atoms with Crippen molar-refractivity contribution in [1.82, 2.24) is 20.8 Å². The van der Waals surface area contributed by atoms with E-state index in [0.717, 1.165) is 37.7 Å². The van der Waals surface area contributed by atoms with Gasteiger partial charge in [-0.05, 0) is 30.9 Å². The zero-order valence-corrected chi connectivity index (χ0v) is 17.8. The number of aliphatic imine (C=N–C) groups is 1. The summed E-state index contributed by atoms with van der Waals surface area (Å²) in [6.45, 7) is 5.82. The molecule has 146 valence electrons. The van der Waals surface area contributed by atoms with Crippen molar-refractivity contribution < 1.29 is 4.52 Å². The molecule has 0 aliphatic heterocycles. The first-order valence-corrected chi connectivity index (χ1v) is 10.4. The topological polar surface area (TPSA) is 75.3 Å². The number of halogens is 1. The molecule has 27 heavy (non-hydrogen) atoms. The van der Waals surface area contributed by atoms with Crippen LogP contribution in [0.15, 0.2) is 38.3 Å². The van der Waals surface area contributed by atoms with Crippen molar-refractivity contribution in [2.45, 2.75) is 50.9 Å². The van der Waals surface area contributed by atoms with Gasteiger partial charge < -0.3 is 15.2 Å². The highest BCUT2D eigenvalue weighted by molar-refractivity contribution is 9.10. The van der Waals surface area contributed by atoms with Gasteiger partial charge >= 0.3 is 0 Å². The first kappa shape index (κ1) is 19.9. The minimum atomic E-state index is 0.217. The van der Waals surface area contributed by atoms with Crippen molar-refractivity contribution in [1.29, 1.82) is 0 Å². The fraction of sp³-hybridized carbons (Fsp3) is 0.550. The molecule has 1 aromatic heterocycles. The third-order valence-electron chi connectivity index (χ3n) is 4.98.